The predicted molar refractivity (Wildman–Crippen MR) is 106 cm³/mol. The highest BCUT2D eigenvalue weighted by Gasteiger charge is 2.49. The van der Waals surface area contributed by atoms with Gasteiger partial charge in [0, 0.05) is 3.58 Å². The molecular formula is C15H21I3. The molecule has 0 aromatic carbocycles. The molecule has 2 rings (SSSR count). The van der Waals surface area contributed by atoms with Gasteiger partial charge in [-0.1, -0.05) is 77.6 Å². The Balaban J connectivity index is 2.22. The van der Waals surface area contributed by atoms with Crippen LogP contribution < -0.4 is 0 Å². The van der Waals surface area contributed by atoms with Crippen LogP contribution in [0.2, 0.25) is 0 Å². The van der Waals surface area contributed by atoms with Crippen LogP contribution in [0.5, 0.6) is 0 Å². The number of halogens is 3. The van der Waals surface area contributed by atoms with Crippen molar-refractivity contribution in [2.75, 3.05) is 0 Å². The Labute approximate surface area is 152 Å². The maximum atomic E-state index is 2.55. The highest BCUT2D eigenvalue weighted by molar-refractivity contribution is 14.2. The first-order chi connectivity index (χ1) is 8.34. The number of fused-ring (bicyclic) bond motifs is 1. The summed E-state index contributed by atoms with van der Waals surface area (Å²) < 4.78 is 2.23. The highest BCUT2D eigenvalue weighted by atomic mass is 127. The van der Waals surface area contributed by atoms with Gasteiger partial charge in [0.25, 0.3) is 0 Å². The Hall–Kier alpha value is 1.67. The summed E-state index contributed by atoms with van der Waals surface area (Å²) in [7, 11) is 0. The second kappa shape index (κ2) is 6.20. The zero-order valence-corrected chi connectivity index (χ0v) is 17.7. The fourth-order valence-corrected chi connectivity index (χ4v) is 4.98. The maximum Gasteiger partial charge on any atom is 0.0626 e. The van der Waals surface area contributed by atoms with E-state index in [-0.39, 0.29) is 0 Å². The third-order valence-electron chi connectivity index (χ3n) is 5.02. The molecular weight excluding hydrogens is 561 g/mol. The van der Waals surface area contributed by atoms with Gasteiger partial charge in [-0.2, -0.15) is 0 Å². The van der Waals surface area contributed by atoms with Gasteiger partial charge < -0.3 is 0 Å². The van der Waals surface area contributed by atoms with Crippen LogP contribution in [0, 0.1) is 23.2 Å². The first-order valence-electron chi connectivity index (χ1n) is 6.70. The first-order valence-corrected chi connectivity index (χ1v) is 10.3. The third-order valence-corrected chi connectivity index (χ3v) is 7.02. The normalized spacial score (nSPS) is 34.3. The molecule has 0 aromatic heterocycles. The van der Waals surface area contributed by atoms with Gasteiger partial charge in [0.05, 0.1) is 1.93 Å². The lowest BCUT2D eigenvalue weighted by Crippen LogP contribution is -2.20. The SMILES string of the molecule is C[C@H]1C(CCC(I)I)C2CC=C(I)C=C2C1(C)C. The summed E-state index contributed by atoms with van der Waals surface area (Å²) in [6, 6.07) is 0. The van der Waals surface area contributed by atoms with Crippen molar-refractivity contribution in [3.05, 3.63) is 21.3 Å². The van der Waals surface area contributed by atoms with Gasteiger partial charge in [0.1, 0.15) is 0 Å². The Kier molecular flexibility index (Phi) is 5.52. The lowest BCUT2D eigenvalue weighted by Gasteiger charge is -2.28. The Morgan fingerprint density at radius 1 is 1.39 bits per heavy atom. The molecule has 2 aliphatic carbocycles. The van der Waals surface area contributed by atoms with Crippen LogP contribution in [0.4, 0.5) is 0 Å². The standard InChI is InChI=1S/C15H21I3/c1-9-11(6-7-14(17)18)12-5-4-10(16)8-13(12)15(9,2)3/h4,8-9,11-12,14H,5-7H2,1-3H3/t9-,11?,12?/m0/s1. The number of hydrogen-bond acceptors (Lipinski definition) is 0. The Morgan fingerprint density at radius 2 is 2.06 bits per heavy atom. The zero-order valence-electron chi connectivity index (χ0n) is 11.2. The van der Waals surface area contributed by atoms with Crippen molar-refractivity contribution in [1.29, 1.82) is 0 Å². The van der Waals surface area contributed by atoms with Gasteiger partial charge in [0.15, 0.2) is 0 Å². The van der Waals surface area contributed by atoms with E-state index in [9.17, 15) is 0 Å². The van der Waals surface area contributed by atoms with E-state index in [0.29, 0.717) is 5.41 Å². The first kappa shape index (κ1) is 16.0. The van der Waals surface area contributed by atoms with Crippen molar-refractivity contribution in [2.45, 2.75) is 42.0 Å². The van der Waals surface area contributed by atoms with Crippen LogP contribution >= 0.6 is 67.8 Å². The van der Waals surface area contributed by atoms with Crippen molar-refractivity contribution in [1.82, 2.24) is 0 Å². The summed E-state index contributed by atoms with van der Waals surface area (Å²) in [6.07, 6.45) is 8.93. The highest BCUT2D eigenvalue weighted by Crippen LogP contribution is 2.58. The molecule has 0 aliphatic heterocycles. The van der Waals surface area contributed by atoms with E-state index in [1.165, 1.54) is 22.8 Å². The zero-order chi connectivity index (χ0) is 13.5. The van der Waals surface area contributed by atoms with E-state index in [2.05, 4.69) is 101 Å². The number of rotatable bonds is 3. The van der Waals surface area contributed by atoms with Crippen LogP contribution in [0.1, 0.15) is 40.0 Å². The molecule has 0 radical (unpaired) electrons. The second-order valence-corrected chi connectivity index (χ2v) is 12.8. The summed E-state index contributed by atoms with van der Waals surface area (Å²) in [4.78, 5) is 0. The van der Waals surface area contributed by atoms with E-state index in [1.807, 2.05) is 0 Å². The van der Waals surface area contributed by atoms with E-state index in [1.54, 1.807) is 5.57 Å². The molecule has 3 heteroatoms. The second-order valence-electron chi connectivity index (χ2n) is 6.17. The summed E-state index contributed by atoms with van der Waals surface area (Å²) >= 11 is 7.59. The monoisotopic (exact) mass is 582 g/mol. The molecule has 0 heterocycles. The van der Waals surface area contributed by atoms with Gasteiger partial charge in [-0.25, -0.2) is 0 Å². The molecule has 0 aromatic rings. The largest absolute Gasteiger partial charge is 0.0710 e. The third kappa shape index (κ3) is 3.12. The van der Waals surface area contributed by atoms with Crippen molar-refractivity contribution < 1.29 is 0 Å². The topological polar surface area (TPSA) is 0 Å². The molecule has 1 saturated carbocycles. The summed E-state index contributed by atoms with van der Waals surface area (Å²) in [5.41, 5.74) is 2.12. The maximum absolute atomic E-state index is 2.55. The quantitative estimate of drug-likeness (QED) is 0.263. The molecule has 2 aliphatic rings. The molecule has 102 valence electrons. The average molecular weight is 582 g/mol. The van der Waals surface area contributed by atoms with Crippen molar-refractivity contribution in [2.24, 2.45) is 23.2 Å². The molecule has 0 nitrogen and oxygen atoms in total. The van der Waals surface area contributed by atoms with Crippen LogP contribution in [-0.2, 0) is 0 Å². The van der Waals surface area contributed by atoms with Crippen LogP contribution in [0.15, 0.2) is 21.3 Å². The summed E-state index contributed by atoms with van der Waals surface area (Å²) in [6.45, 7) is 7.39. The molecule has 0 bridgehead atoms. The minimum Gasteiger partial charge on any atom is -0.0710 e. The lowest BCUT2D eigenvalue weighted by atomic mass is 9.77. The van der Waals surface area contributed by atoms with Gasteiger partial charge in [-0.05, 0) is 71.1 Å². The smallest absolute Gasteiger partial charge is 0.0626 e. The summed E-state index contributed by atoms with van der Waals surface area (Å²) in [5.74, 6) is 2.52. The molecule has 0 amide bonds. The number of allylic oxidation sites excluding steroid dienone is 4. The minimum absolute atomic E-state index is 0.395. The lowest BCUT2D eigenvalue weighted by molar-refractivity contribution is 0.236. The van der Waals surface area contributed by atoms with Crippen LogP contribution in [0.25, 0.3) is 0 Å². The summed E-state index contributed by atoms with van der Waals surface area (Å²) in [5, 5.41) is 0. The van der Waals surface area contributed by atoms with Gasteiger partial charge >= 0.3 is 0 Å². The van der Waals surface area contributed by atoms with E-state index < -0.39 is 0 Å². The fourth-order valence-electron chi connectivity index (χ4n) is 3.67. The molecule has 1 fully saturated rings. The van der Waals surface area contributed by atoms with E-state index in [0.717, 1.165) is 19.7 Å². The Bertz CT molecular complexity index is 379. The molecule has 18 heavy (non-hydrogen) atoms. The number of hydrogen-bond donors (Lipinski definition) is 0. The van der Waals surface area contributed by atoms with Gasteiger partial charge in [-0.3, -0.25) is 0 Å². The fraction of sp³-hybridized carbons (Fsp3) is 0.733. The molecule has 3 atom stereocenters. The molecule has 0 spiro atoms. The van der Waals surface area contributed by atoms with E-state index >= 15 is 0 Å². The van der Waals surface area contributed by atoms with Crippen LogP contribution in [-0.4, -0.2) is 1.93 Å². The predicted octanol–water partition coefficient (Wildman–Crippen LogP) is 6.52. The average Bonchev–Trinajstić information content (AvgIpc) is 2.46. The molecule has 2 unspecified atom stereocenters. The van der Waals surface area contributed by atoms with Crippen LogP contribution in [0.3, 0.4) is 0 Å². The Morgan fingerprint density at radius 3 is 2.67 bits per heavy atom. The van der Waals surface area contributed by atoms with E-state index in [4.69, 9.17) is 0 Å². The van der Waals surface area contributed by atoms with Crippen molar-refractivity contribution in [3.63, 3.8) is 0 Å². The van der Waals surface area contributed by atoms with Gasteiger partial charge in [0.2, 0.25) is 0 Å². The van der Waals surface area contributed by atoms with Crippen molar-refractivity contribution >= 4 is 67.8 Å². The molecule has 0 N–H and O–H groups in total. The molecule has 0 saturated heterocycles. The van der Waals surface area contributed by atoms with Gasteiger partial charge in [-0.15, -0.1) is 0 Å². The minimum atomic E-state index is 0.395. The van der Waals surface area contributed by atoms with Crippen molar-refractivity contribution in [3.8, 4) is 0 Å². The number of alkyl halides is 2.